The van der Waals surface area contributed by atoms with Gasteiger partial charge in [0.25, 0.3) is 0 Å². The van der Waals surface area contributed by atoms with Gasteiger partial charge in [-0.2, -0.15) is 0 Å². The van der Waals surface area contributed by atoms with E-state index in [9.17, 15) is 9.59 Å². The van der Waals surface area contributed by atoms with E-state index in [2.05, 4.69) is 5.32 Å². The van der Waals surface area contributed by atoms with Gasteiger partial charge in [-0.05, 0) is 24.6 Å². The van der Waals surface area contributed by atoms with E-state index in [1.54, 1.807) is 18.0 Å². The van der Waals surface area contributed by atoms with Gasteiger partial charge in [0.05, 0.1) is 23.8 Å². The van der Waals surface area contributed by atoms with Crippen LogP contribution in [0.25, 0.3) is 0 Å². The van der Waals surface area contributed by atoms with Gasteiger partial charge in [-0.3, -0.25) is 9.59 Å². The van der Waals surface area contributed by atoms with E-state index in [1.807, 2.05) is 55.5 Å². The number of hydrogen-bond acceptors (Lipinski definition) is 4. The predicted octanol–water partition coefficient (Wildman–Crippen LogP) is 3.42. The smallest absolute Gasteiger partial charge is 0.234 e. The van der Waals surface area contributed by atoms with E-state index < -0.39 is 0 Å². The molecule has 0 atom stereocenters. The molecule has 0 saturated carbocycles. The Hall–Kier alpha value is -2.47. The molecule has 0 aliphatic heterocycles. The summed E-state index contributed by atoms with van der Waals surface area (Å²) in [6.07, 6.45) is 0. The average molecular weight is 372 g/mol. The highest BCUT2D eigenvalue weighted by atomic mass is 32.2. The zero-order valence-electron chi connectivity index (χ0n) is 15.1. The van der Waals surface area contributed by atoms with Gasteiger partial charge in [0, 0.05) is 13.6 Å². The first-order chi connectivity index (χ1) is 12.6. The fourth-order valence-electron chi connectivity index (χ4n) is 2.32. The molecule has 0 spiro atoms. The first kappa shape index (κ1) is 19.8. The maximum Gasteiger partial charge on any atom is 0.234 e. The normalized spacial score (nSPS) is 10.2. The molecule has 26 heavy (non-hydrogen) atoms. The lowest BCUT2D eigenvalue weighted by Crippen LogP contribution is -2.28. The molecule has 1 N–H and O–H groups in total. The summed E-state index contributed by atoms with van der Waals surface area (Å²) in [6.45, 7) is 2.99. The molecule has 0 unspecified atom stereocenters. The van der Waals surface area contributed by atoms with Crippen LogP contribution in [-0.2, 0) is 16.1 Å². The highest BCUT2D eigenvalue weighted by Gasteiger charge is 2.12. The Kier molecular flexibility index (Phi) is 8.02. The molecule has 5 nitrogen and oxygen atoms in total. The number of benzene rings is 2. The summed E-state index contributed by atoms with van der Waals surface area (Å²) >= 11 is 1.30. The maximum atomic E-state index is 12.2. The molecule has 6 heteroatoms. The minimum Gasteiger partial charge on any atom is -0.492 e. The molecule has 2 rings (SSSR count). The molecule has 2 aromatic carbocycles. The number of carbonyl (C=O) groups is 2. The minimum absolute atomic E-state index is 0.00127. The Morgan fingerprint density at radius 3 is 2.46 bits per heavy atom. The number of rotatable bonds is 9. The van der Waals surface area contributed by atoms with Gasteiger partial charge in [-0.15, -0.1) is 11.8 Å². The van der Waals surface area contributed by atoms with Gasteiger partial charge in [0.2, 0.25) is 11.8 Å². The fraction of sp³-hybridized carbons (Fsp3) is 0.300. The van der Waals surface area contributed by atoms with Crippen molar-refractivity contribution in [3.63, 3.8) is 0 Å². The van der Waals surface area contributed by atoms with Crippen LogP contribution in [0.3, 0.4) is 0 Å². The molecular formula is C20H24N2O3S. The van der Waals surface area contributed by atoms with Crippen LogP contribution >= 0.6 is 11.8 Å². The van der Waals surface area contributed by atoms with Crippen LogP contribution in [0.2, 0.25) is 0 Å². The molecule has 138 valence electrons. The summed E-state index contributed by atoms with van der Waals surface area (Å²) in [4.78, 5) is 26.0. The number of ether oxygens (including phenoxy) is 1. The SMILES string of the molecule is CCOc1ccccc1NC(=O)CSCC(=O)N(C)Cc1ccccc1. The van der Waals surface area contributed by atoms with Crippen LogP contribution < -0.4 is 10.1 Å². The van der Waals surface area contributed by atoms with Gasteiger partial charge < -0.3 is 15.0 Å². The third kappa shape index (κ3) is 6.44. The van der Waals surface area contributed by atoms with E-state index in [0.29, 0.717) is 24.6 Å². The maximum absolute atomic E-state index is 12.2. The minimum atomic E-state index is -0.152. The van der Waals surface area contributed by atoms with Crippen molar-refractivity contribution in [1.82, 2.24) is 4.90 Å². The molecular weight excluding hydrogens is 348 g/mol. The summed E-state index contributed by atoms with van der Waals surface area (Å²) < 4.78 is 5.49. The van der Waals surface area contributed by atoms with Gasteiger partial charge in [0.15, 0.2) is 0 Å². The zero-order chi connectivity index (χ0) is 18.8. The second-order valence-electron chi connectivity index (χ2n) is 5.71. The summed E-state index contributed by atoms with van der Waals surface area (Å²) in [5, 5.41) is 2.83. The number of nitrogens with one attached hydrogen (secondary N) is 1. The summed E-state index contributed by atoms with van der Waals surface area (Å²) in [7, 11) is 1.77. The number of amides is 2. The van der Waals surface area contributed by atoms with Crippen LogP contribution in [0.1, 0.15) is 12.5 Å². The van der Waals surface area contributed by atoms with E-state index in [-0.39, 0.29) is 23.3 Å². The van der Waals surface area contributed by atoms with Crippen molar-refractivity contribution >= 4 is 29.3 Å². The van der Waals surface area contributed by atoms with Crippen LogP contribution in [0.5, 0.6) is 5.75 Å². The van der Waals surface area contributed by atoms with Gasteiger partial charge in [-0.25, -0.2) is 0 Å². The van der Waals surface area contributed by atoms with Crippen molar-refractivity contribution in [2.45, 2.75) is 13.5 Å². The van der Waals surface area contributed by atoms with Gasteiger partial charge in [0.1, 0.15) is 5.75 Å². The topological polar surface area (TPSA) is 58.6 Å². The van der Waals surface area contributed by atoms with Crippen molar-refractivity contribution in [3.8, 4) is 5.75 Å². The van der Waals surface area contributed by atoms with Crippen molar-refractivity contribution in [1.29, 1.82) is 0 Å². The summed E-state index contributed by atoms with van der Waals surface area (Å²) in [5.41, 5.74) is 1.73. The lowest BCUT2D eigenvalue weighted by molar-refractivity contribution is -0.127. The Morgan fingerprint density at radius 2 is 1.73 bits per heavy atom. The number of nitrogens with zero attached hydrogens (tertiary/aromatic N) is 1. The Bertz CT molecular complexity index is 722. The van der Waals surface area contributed by atoms with Gasteiger partial charge in [-0.1, -0.05) is 42.5 Å². The van der Waals surface area contributed by atoms with Crippen LogP contribution in [0, 0.1) is 0 Å². The fourth-order valence-corrected chi connectivity index (χ4v) is 3.08. The van der Waals surface area contributed by atoms with Crippen molar-refractivity contribution < 1.29 is 14.3 Å². The molecule has 0 aliphatic rings. The molecule has 0 saturated heterocycles. The van der Waals surface area contributed by atoms with Crippen molar-refractivity contribution in [3.05, 3.63) is 60.2 Å². The number of para-hydroxylation sites is 2. The molecule has 0 heterocycles. The molecule has 2 aromatic rings. The van der Waals surface area contributed by atoms with E-state index in [0.717, 1.165) is 5.56 Å². The monoisotopic (exact) mass is 372 g/mol. The quantitative estimate of drug-likeness (QED) is 0.733. The van der Waals surface area contributed by atoms with Crippen LogP contribution in [0.4, 0.5) is 5.69 Å². The molecule has 0 aliphatic carbocycles. The molecule has 2 amide bonds. The first-order valence-corrected chi connectivity index (χ1v) is 9.63. The average Bonchev–Trinajstić information content (AvgIpc) is 2.64. The lowest BCUT2D eigenvalue weighted by atomic mass is 10.2. The molecule has 0 aromatic heterocycles. The number of hydrogen-bond donors (Lipinski definition) is 1. The zero-order valence-corrected chi connectivity index (χ0v) is 15.9. The Labute approximate surface area is 158 Å². The van der Waals surface area contributed by atoms with Crippen molar-refractivity contribution in [2.75, 3.05) is 30.5 Å². The summed E-state index contributed by atoms with van der Waals surface area (Å²) in [6, 6.07) is 17.1. The Balaban J connectivity index is 1.75. The molecule has 0 bridgehead atoms. The summed E-state index contributed by atoms with van der Waals surface area (Å²) in [5.74, 6) is 0.976. The highest BCUT2D eigenvalue weighted by molar-refractivity contribution is 8.00. The van der Waals surface area contributed by atoms with Crippen molar-refractivity contribution in [2.24, 2.45) is 0 Å². The van der Waals surface area contributed by atoms with E-state index >= 15 is 0 Å². The highest BCUT2D eigenvalue weighted by Crippen LogP contribution is 2.23. The second kappa shape index (κ2) is 10.5. The lowest BCUT2D eigenvalue weighted by Gasteiger charge is -2.17. The van der Waals surface area contributed by atoms with Gasteiger partial charge >= 0.3 is 0 Å². The number of carbonyl (C=O) groups excluding carboxylic acids is 2. The largest absolute Gasteiger partial charge is 0.492 e. The predicted molar refractivity (Wildman–Crippen MR) is 106 cm³/mol. The third-order valence-corrected chi connectivity index (χ3v) is 4.53. The van der Waals surface area contributed by atoms with E-state index in [4.69, 9.17) is 4.74 Å². The van der Waals surface area contributed by atoms with Crippen LogP contribution in [0.15, 0.2) is 54.6 Å². The first-order valence-electron chi connectivity index (χ1n) is 8.47. The van der Waals surface area contributed by atoms with Crippen LogP contribution in [-0.4, -0.2) is 41.9 Å². The Morgan fingerprint density at radius 1 is 1.04 bits per heavy atom. The second-order valence-corrected chi connectivity index (χ2v) is 6.69. The number of thioether (sulfide) groups is 1. The molecule has 0 radical (unpaired) electrons. The standard InChI is InChI=1S/C20H24N2O3S/c1-3-25-18-12-8-7-11-17(18)21-19(23)14-26-15-20(24)22(2)13-16-9-5-4-6-10-16/h4-12H,3,13-15H2,1-2H3,(H,21,23). The van der Waals surface area contributed by atoms with E-state index in [1.165, 1.54) is 11.8 Å². The molecule has 0 fully saturated rings. The third-order valence-electron chi connectivity index (χ3n) is 3.61. The number of anilines is 1.